The van der Waals surface area contributed by atoms with Crippen LogP contribution in [-0.4, -0.2) is 24.9 Å². The maximum atomic E-state index is 11.1. The number of hydrogen-bond donors (Lipinski definition) is 3. The molecule has 0 aliphatic rings. The Bertz CT molecular complexity index is 127. The molecule has 0 bridgehead atoms. The maximum Gasteiger partial charge on any atom is 0.151 e. The molecule has 0 aromatic carbocycles. The molecule has 0 amide bonds. The van der Waals surface area contributed by atoms with Gasteiger partial charge in [-0.15, -0.1) is 0 Å². The summed E-state index contributed by atoms with van der Waals surface area (Å²) in [6.45, 7) is 2.65. The summed E-state index contributed by atoms with van der Waals surface area (Å²) in [6, 6.07) is -0.510. The van der Waals surface area contributed by atoms with Crippen LogP contribution in [0.5, 0.6) is 0 Å². The molecule has 0 fully saturated rings. The molecule has 0 radical (unpaired) electrons. The number of hydrogen-bond acceptors (Lipinski definition) is 4. The summed E-state index contributed by atoms with van der Waals surface area (Å²) >= 11 is 0. The van der Waals surface area contributed by atoms with Crippen LogP contribution in [0, 0.1) is 5.92 Å². The van der Waals surface area contributed by atoms with Crippen LogP contribution < -0.4 is 17.2 Å². The summed E-state index contributed by atoms with van der Waals surface area (Å²) in [6.07, 6.45) is 0.439. The first-order valence-corrected chi connectivity index (χ1v) is 3.80. The normalized spacial score (nSPS) is 16.0. The fourth-order valence-electron chi connectivity index (χ4n) is 0.710. The highest BCUT2D eigenvalue weighted by Crippen LogP contribution is 2.00. The number of carbonyl (C=O) groups is 1. The Balaban J connectivity index is 3.68. The van der Waals surface area contributed by atoms with E-state index in [1.807, 2.05) is 6.92 Å². The summed E-state index contributed by atoms with van der Waals surface area (Å²) in [7, 11) is 0. The Labute approximate surface area is 67.1 Å². The monoisotopic (exact) mass is 159 g/mol. The van der Waals surface area contributed by atoms with Crippen molar-refractivity contribution < 1.29 is 4.79 Å². The number of ketones is 1. The van der Waals surface area contributed by atoms with Crippen LogP contribution in [0.25, 0.3) is 0 Å². The highest BCUT2D eigenvalue weighted by Gasteiger charge is 2.13. The van der Waals surface area contributed by atoms with Crippen molar-refractivity contribution in [1.29, 1.82) is 0 Å². The van der Waals surface area contributed by atoms with Gasteiger partial charge in [0.05, 0.1) is 6.04 Å². The lowest BCUT2D eigenvalue weighted by Gasteiger charge is -2.10. The van der Waals surface area contributed by atoms with E-state index in [4.69, 9.17) is 17.2 Å². The molecule has 0 aromatic rings. The van der Waals surface area contributed by atoms with Gasteiger partial charge >= 0.3 is 0 Å². The molecule has 0 spiro atoms. The fraction of sp³-hybridized carbons (Fsp3) is 0.857. The molecule has 0 unspecified atom stereocenters. The molecule has 4 heteroatoms. The van der Waals surface area contributed by atoms with Crippen LogP contribution in [0.1, 0.15) is 13.3 Å². The van der Waals surface area contributed by atoms with Gasteiger partial charge < -0.3 is 17.2 Å². The van der Waals surface area contributed by atoms with Gasteiger partial charge in [0, 0.05) is 13.0 Å². The fourth-order valence-corrected chi connectivity index (χ4v) is 0.710. The summed E-state index contributed by atoms with van der Waals surface area (Å²) in [4.78, 5) is 11.1. The van der Waals surface area contributed by atoms with E-state index < -0.39 is 6.04 Å². The largest absolute Gasteiger partial charge is 0.330 e. The molecule has 0 aliphatic heterocycles. The van der Waals surface area contributed by atoms with E-state index in [-0.39, 0.29) is 18.2 Å². The minimum absolute atomic E-state index is 0.00505. The van der Waals surface area contributed by atoms with Crippen molar-refractivity contribution in [3.63, 3.8) is 0 Å². The van der Waals surface area contributed by atoms with Crippen LogP contribution in [0.15, 0.2) is 0 Å². The van der Waals surface area contributed by atoms with E-state index in [1.165, 1.54) is 0 Å². The van der Waals surface area contributed by atoms with Crippen LogP contribution >= 0.6 is 0 Å². The molecule has 0 heterocycles. The predicted octanol–water partition coefficient (Wildman–Crippen LogP) is -1.17. The van der Waals surface area contributed by atoms with E-state index in [0.717, 1.165) is 0 Å². The summed E-state index contributed by atoms with van der Waals surface area (Å²) in [5.41, 5.74) is 16.0. The first-order valence-electron chi connectivity index (χ1n) is 3.80. The van der Waals surface area contributed by atoms with Crippen molar-refractivity contribution in [2.45, 2.75) is 19.4 Å². The highest BCUT2D eigenvalue weighted by atomic mass is 16.1. The molecular formula is C7H17N3O. The summed E-state index contributed by atoms with van der Waals surface area (Å²) in [5.74, 6) is 0.213. The lowest BCUT2D eigenvalue weighted by Crippen LogP contribution is -2.38. The number of carbonyl (C=O) groups excluding carboxylic acids is 1. The zero-order chi connectivity index (χ0) is 8.85. The van der Waals surface area contributed by atoms with Crippen molar-refractivity contribution in [3.05, 3.63) is 0 Å². The summed E-state index contributed by atoms with van der Waals surface area (Å²) < 4.78 is 0. The smallest absolute Gasteiger partial charge is 0.151 e. The van der Waals surface area contributed by atoms with Gasteiger partial charge in [0.15, 0.2) is 5.78 Å². The number of rotatable bonds is 5. The topological polar surface area (TPSA) is 95.1 Å². The summed E-state index contributed by atoms with van der Waals surface area (Å²) in [5, 5.41) is 0. The molecule has 0 aliphatic carbocycles. The minimum atomic E-state index is -0.510. The molecule has 0 saturated heterocycles. The van der Waals surface area contributed by atoms with E-state index in [2.05, 4.69) is 0 Å². The van der Waals surface area contributed by atoms with Gasteiger partial charge in [-0.1, -0.05) is 6.92 Å². The van der Waals surface area contributed by atoms with Gasteiger partial charge in [0.1, 0.15) is 0 Å². The second-order valence-corrected chi connectivity index (χ2v) is 2.85. The van der Waals surface area contributed by atoms with Crippen molar-refractivity contribution in [1.82, 2.24) is 0 Å². The quantitative estimate of drug-likeness (QED) is 0.471. The van der Waals surface area contributed by atoms with E-state index >= 15 is 0 Å². The van der Waals surface area contributed by atoms with Gasteiger partial charge in [0.2, 0.25) is 0 Å². The average Bonchev–Trinajstić information content (AvgIpc) is 2.02. The highest BCUT2D eigenvalue weighted by molar-refractivity contribution is 5.84. The molecule has 6 N–H and O–H groups in total. The Morgan fingerprint density at radius 2 is 1.91 bits per heavy atom. The van der Waals surface area contributed by atoms with Gasteiger partial charge in [-0.05, 0) is 12.5 Å². The first-order chi connectivity index (χ1) is 5.11. The second-order valence-electron chi connectivity index (χ2n) is 2.85. The Morgan fingerprint density at radius 3 is 2.27 bits per heavy atom. The van der Waals surface area contributed by atoms with Gasteiger partial charge in [0.25, 0.3) is 0 Å². The third kappa shape index (κ3) is 4.08. The Hall–Kier alpha value is -0.450. The minimum Gasteiger partial charge on any atom is -0.330 e. The van der Waals surface area contributed by atoms with Crippen molar-refractivity contribution in [2.24, 2.45) is 23.1 Å². The van der Waals surface area contributed by atoms with E-state index in [0.29, 0.717) is 13.0 Å². The van der Waals surface area contributed by atoms with Crippen LogP contribution in [0.3, 0.4) is 0 Å². The third-order valence-corrected chi connectivity index (χ3v) is 1.62. The zero-order valence-electron chi connectivity index (χ0n) is 6.92. The Kier molecular flexibility index (Phi) is 5.02. The van der Waals surface area contributed by atoms with Crippen LogP contribution in [-0.2, 0) is 4.79 Å². The molecule has 0 aromatic heterocycles. The molecule has 66 valence electrons. The SMILES string of the molecule is C[C@@H](CN)CC(=O)[C@@H](N)CN. The third-order valence-electron chi connectivity index (χ3n) is 1.62. The van der Waals surface area contributed by atoms with Gasteiger partial charge in [-0.2, -0.15) is 0 Å². The first kappa shape index (κ1) is 10.6. The predicted molar refractivity (Wildman–Crippen MR) is 44.9 cm³/mol. The standard InChI is InChI=1S/C7H17N3O/c1-5(3-8)2-7(11)6(10)4-9/h5-6H,2-4,8-10H2,1H3/t5-,6+/m1/s1. The van der Waals surface area contributed by atoms with Crippen molar-refractivity contribution >= 4 is 5.78 Å². The average molecular weight is 159 g/mol. The van der Waals surface area contributed by atoms with E-state index in [1.54, 1.807) is 0 Å². The number of Topliss-reactive ketones (excluding diaryl/α,β-unsaturated/α-hetero) is 1. The van der Waals surface area contributed by atoms with Crippen LogP contribution in [0.4, 0.5) is 0 Å². The molecular weight excluding hydrogens is 142 g/mol. The molecule has 2 atom stereocenters. The molecule has 0 saturated carbocycles. The zero-order valence-corrected chi connectivity index (χ0v) is 6.92. The van der Waals surface area contributed by atoms with Gasteiger partial charge in [-0.3, -0.25) is 4.79 Å². The molecule has 0 rings (SSSR count). The molecule has 11 heavy (non-hydrogen) atoms. The van der Waals surface area contributed by atoms with Crippen molar-refractivity contribution in [3.8, 4) is 0 Å². The molecule has 4 nitrogen and oxygen atoms in total. The Morgan fingerprint density at radius 1 is 1.36 bits per heavy atom. The van der Waals surface area contributed by atoms with Gasteiger partial charge in [-0.25, -0.2) is 0 Å². The lowest BCUT2D eigenvalue weighted by atomic mass is 10.0. The van der Waals surface area contributed by atoms with Crippen LogP contribution in [0.2, 0.25) is 0 Å². The number of nitrogens with two attached hydrogens (primary N) is 3. The van der Waals surface area contributed by atoms with E-state index in [9.17, 15) is 4.79 Å². The maximum absolute atomic E-state index is 11.1. The lowest BCUT2D eigenvalue weighted by molar-refractivity contribution is -0.120. The van der Waals surface area contributed by atoms with Crippen molar-refractivity contribution in [2.75, 3.05) is 13.1 Å². The second kappa shape index (κ2) is 5.23.